The van der Waals surface area contributed by atoms with Crippen LogP contribution in [0.3, 0.4) is 0 Å². The lowest BCUT2D eigenvalue weighted by Gasteiger charge is -2.20. The van der Waals surface area contributed by atoms with Gasteiger partial charge in [0.1, 0.15) is 0 Å². The third-order valence-corrected chi connectivity index (χ3v) is 5.40. The summed E-state index contributed by atoms with van der Waals surface area (Å²) in [6, 6.07) is 9.29. The third kappa shape index (κ3) is 1.21. The molecule has 21 heavy (non-hydrogen) atoms. The number of hydrogen-bond acceptors (Lipinski definition) is 2. The summed E-state index contributed by atoms with van der Waals surface area (Å²) in [7, 11) is 0. The first-order chi connectivity index (χ1) is 10.3. The number of H-pyrrole nitrogens is 1. The number of hydrogen-bond donors (Lipinski definition) is 1. The van der Waals surface area contributed by atoms with Gasteiger partial charge in [-0.15, -0.1) is 0 Å². The fraction of sp³-hybridized carbons (Fsp3) is 0.294. The normalized spacial score (nSPS) is 32.7. The highest BCUT2D eigenvalue weighted by molar-refractivity contribution is 6.23. The lowest BCUT2D eigenvalue weighted by molar-refractivity contribution is -0.123. The highest BCUT2D eigenvalue weighted by atomic mass is 16.2. The van der Waals surface area contributed by atoms with Crippen LogP contribution in [0.15, 0.2) is 42.7 Å². The van der Waals surface area contributed by atoms with E-state index in [9.17, 15) is 9.59 Å². The van der Waals surface area contributed by atoms with E-state index >= 15 is 0 Å². The number of para-hydroxylation sites is 1. The summed E-state index contributed by atoms with van der Waals surface area (Å²) >= 11 is 0. The molecule has 2 fully saturated rings. The lowest BCUT2D eigenvalue weighted by Crippen LogP contribution is -2.32. The van der Waals surface area contributed by atoms with Crippen LogP contribution in [0, 0.1) is 11.8 Å². The average molecular weight is 278 g/mol. The molecular formula is C17H14N2O2. The molecule has 1 N–H and O–H groups in total. The number of fused-ring (bicyclic) bond motifs is 8. The molecule has 1 saturated heterocycles. The van der Waals surface area contributed by atoms with E-state index in [1.165, 1.54) is 16.0 Å². The highest BCUT2D eigenvalue weighted by Crippen LogP contribution is 2.62. The van der Waals surface area contributed by atoms with Crippen molar-refractivity contribution >= 4 is 17.5 Å². The molecule has 4 heteroatoms. The molecule has 104 valence electrons. The number of imide groups is 1. The molecule has 0 spiro atoms. The van der Waals surface area contributed by atoms with E-state index in [1.807, 2.05) is 42.7 Å². The molecule has 4 atom stereocenters. The predicted octanol–water partition coefficient (Wildman–Crippen LogP) is 2.41. The smallest absolute Gasteiger partial charge is 0.238 e. The van der Waals surface area contributed by atoms with Gasteiger partial charge in [-0.3, -0.25) is 14.5 Å². The van der Waals surface area contributed by atoms with Gasteiger partial charge in [0.2, 0.25) is 11.8 Å². The molecule has 1 aromatic carbocycles. The van der Waals surface area contributed by atoms with E-state index in [4.69, 9.17) is 0 Å². The average Bonchev–Trinajstić information content (AvgIpc) is 3.22. The number of nitrogens with zero attached hydrogens (tertiary/aromatic N) is 1. The van der Waals surface area contributed by atoms with E-state index in [2.05, 4.69) is 4.98 Å². The van der Waals surface area contributed by atoms with Gasteiger partial charge in [-0.1, -0.05) is 18.2 Å². The topological polar surface area (TPSA) is 53.2 Å². The Hall–Kier alpha value is -2.36. The molecule has 2 amide bonds. The molecule has 2 aliphatic carbocycles. The molecule has 0 unspecified atom stereocenters. The minimum absolute atomic E-state index is 0.0180. The fourth-order valence-electron chi connectivity index (χ4n) is 4.63. The Balaban J connectivity index is 1.62. The van der Waals surface area contributed by atoms with Gasteiger partial charge in [0.15, 0.2) is 0 Å². The second-order valence-electron chi connectivity index (χ2n) is 6.21. The van der Waals surface area contributed by atoms with Crippen molar-refractivity contribution < 1.29 is 9.59 Å². The SMILES string of the molecule is O=C1[C@@H]2[C@H](C(=O)N1c1ccccc1)[C@H]1C[C@@H]2c2c[nH]cc21. The van der Waals surface area contributed by atoms with Crippen LogP contribution >= 0.6 is 0 Å². The Labute approximate surface area is 121 Å². The first kappa shape index (κ1) is 11.3. The van der Waals surface area contributed by atoms with Crippen LogP contribution in [0.25, 0.3) is 0 Å². The number of carbonyl (C=O) groups is 2. The number of rotatable bonds is 1. The Kier molecular flexibility index (Phi) is 1.96. The monoisotopic (exact) mass is 278 g/mol. The molecule has 4 nitrogen and oxygen atoms in total. The van der Waals surface area contributed by atoms with E-state index in [1.54, 1.807) is 0 Å². The van der Waals surface area contributed by atoms with Crippen LogP contribution in [0.5, 0.6) is 0 Å². The Morgan fingerprint density at radius 3 is 2.05 bits per heavy atom. The maximum absolute atomic E-state index is 12.8. The Bertz CT molecular complexity index is 722. The van der Waals surface area contributed by atoms with Gasteiger partial charge in [0.05, 0.1) is 17.5 Å². The van der Waals surface area contributed by atoms with Gasteiger partial charge < -0.3 is 4.98 Å². The summed E-state index contributed by atoms with van der Waals surface area (Å²) in [6.07, 6.45) is 4.95. The number of benzene rings is 1. The van der Waals surface area contributed by atoms with Crippen LogP contribution in [-0.2, 0) is 9.59 Å². The zero-order chi connectivity index (χ0) is 14.1. The van der Waals surface area contributed by atoms with Gasteiger partial charge >= 0.3 is 0 Å². The number of carbonyl (C=O) groups excluding carboxylic acids is 2. The minimum atomic E-state index is -0.161. The minimum Gasteiger partial charge on any atom is -0.367 e. The Morgan fingerprint density at radius 1 is 0.905 bits per heavy atom. The van der Waals surface area contributed by atoms with Crippen LogP contribution in [-0.4, -0.2) is 16.8 Å². The van der Waals surface area contributed by atoms with Crippen LogP contribution in [0.1, 0.15) is 29.4 Å². The van der Waals surface area contributed by atoms with Gasteiger partial charge in [-0.05, 0) is 41.5 Å². The van der Waals surface area contributed by atoms with Crippen molar-refractivity contribution in [2.24, 2.45) is 11.8 Å². The van der Waals surface area contributed by atoms with Crippen molar-refractivity contribution in [3.63, 3.8) is 0 Å². The number of aromatic amines is 1. The molecule has 2 aromatic rings. The van der Waals surface area contributed by atoms with Crippen molar-refractivity contribution in [3.8, 4) is 0 Å². The predicted molar refractivity (Wildman–Crippen MR) is 76.8 cm³/mol. The molecule has 2 bridgehead atoms. The molecule has 5 rings (SSSR count). The first-order valence-corrected chi connectivity index (χ1v) is 7.37. The van der Waals surface area contributed by atoms with Crippen LogP contribution < -0.4 is 4.90 Å². The number of nitrogens with one attached hydrogen (secondary N) is 1. The van der Waals surface area contributed by atoms with Crippen molar-refractivity contribution in [2.45, 2.75) is 18.3 Å². The maximum atomic E-state index is 12.8. The van der Waals surface area contributed by atoms with Gasteiger partial charge in [-0.2, -0.15) is 0 Å². The highest BCUT2D eigenvalue weighted by Gasteiger charge is 2.63. The standard InChI is InChI=1S/C17H14N2O2/c20-16-14-10-6-11(13-8-18-7-12(10)13)15(14)17(21)19(16)9-4-2-1-3-5-9/h1-5,7-8,10-11,14-15,18H,6H2/t10-,11+,14+,15-. The van der Waals surface area contributed by atoms with Crippen LogP contribution in [0.2, 0.25) is 0 Å². The second kappa shape index (κ2) is 3.64. The second-order valence-corrected chi connectivity index (χ2v) is 6.21. The van der Waals surface area contributed by atoms with Crippen LogP contribution in [0.4, 0.5) is 5.69 Å². The summed E-state index contributed by atoms with van der Waals surface area (Å²) in [5.74, 6) is 0.0703. The summed E-state index contributed by atoms with van der Waals surface area (Å²) in [4.78, 5) is 30.2. The van der Waals surface area contributed by atoms with Crippen molar-refractivity contribution in [3.05, 3.63) is 53.9 Å². The molecule has 2 heterocycles. The van der Waals surface area contributed by atoms with Crippen molar-refractivity contribution in [1.29, 1.82) is 0 Å². The molecule has 1 aliphatic heterocycles. The zero-order valence-electron chi connectivity index (χ0n) is 11.3. The summed E-state index contributed by atoms with van der Waals surface area (Å²) < 4.78 is 0. The molecular weight excluding hydrogens is 264 g/mol. The summed E-state index contributed by atoms with van der Waals surface area (Å²) in [5, 5.41) is 0. The van der Waals surface area contributed by atoms with Gasteiger partial charge in [0, 0.05) is 12.4 Å². The first-order valence-electron chi connectivity index (χ1n) is 7.37. The van der Waals surface area contributed by atoms with E-state index < -0.39 is 0 Å². The summed E-state index contributed by atoms with van der Waals surface area (Å²) in [6.45, 7) is 0. The molecule has 1 aromatic heterocycles. The van der Waals surface area contributed by atoms with Gasteiger partial charge in [0.25, 0.3) is 0 Å². The molecule has 3 aliphatic rings. The quantitative estimate of drug-likeness (QED) is 0.814. The van der Waals surface area contributed by atoms with Crippen molar-refractivity contribution in [2.75, 3.05) is 4.90 Å². The van der Waals surface area contributed by atoms with E-state index in [-0.39, 0.29) is 35.5 Å². The largest absolute Gasteiger partial charge is 0.367 e. The number of amides is 2. The Morgan fingerprint density at radius 2 is 1.48 bits per heavy atom. The fourth-order valence-corrected chi connectivity index (χ4v) is 4.63. The molecule has 0 radical (unpaired) electrons. The number of anilines is 1. The summed E-state index contributed by atoms with van der Waals surface area (Å²) in [5.41, 5.74) is 3.20. The zero-order valence-corrected chi connectivity index (χ0v) is 11.3. The third-order valence-electron chi connectivity index (χ3n) is 5.40. The molecule has 1 saturated carbocycles. The van der Waals surface area contributed by atoms with E-state index in [0.29, 0.717) is 5.69 Å². The number of aromatic nitrogens is 1. The van der Waals surface area contributed by atoms with Crippen molar-refractivity contribution in [1.82, 2.24) is 4.98 Å². The van der Waals surface area contributed by atoms with Gasteiger partial charge in [-0.25, -0.2) is 0 Å². The maximum Gasteiger partial charge on any atom is 0.238 e. The lowest BCUT2D eigenvalue weighted by atomic mass is 9.79. The van der Waals surface area contributed by atoms with E-state index in [0.717, 1.165) is 6.42 Å².